The molecule has 2 rings (SSSR count). The van der Waals surface area contributed by atoms with Crippen molar-refractivity contribution < 1.29 is 4.79 Å². The quantitative estimate of drug-likeness (QED) is 0.899. The van der Waals surface area contributed by atoms with Gasteiger partial charge in [-0.3, -0.25) is 9.69 Å². The Morgan fingerprint density at radius 1 is 1.16 bits per heavy atom. The Hall–Kier alpha value is -1.55. The Morgan fingerprint density at radius 2 is 1.79 bits per heavy atom. The van der Waals surface area contributed by atoms with Crippen LogP contribution in [0.15, 0.2) is 24.3 Å². The Bertz CT molecular complexity index is 408. The van der Waals surface area contributed by atoms with Crippen LogP contribution in [-0.2, 0) is 0 Å². The van der Waals surface area contributed by atoms with E-state index in [0.29, 0.717) is 0 Å². The van der Waals surface area contributed by atoms with E-state index in [-0.39, 0.29) is 5.91 Å². The predicted octanol–water partition coefficient (Wildman–Crippen LogP) is 1.90. The van der Waals surface area contributed by atoms with Gasteiger partial charge >= 0.3 is 0 Å². The fourth-order valence-corrected chi connectivity index (χ4v) is 2.45. The van der Waals surface area contributed by atoms with E-state index in [9.17, 15) is 4.79 Å². The van der Waals surface area contributed by atoms with Crippen molar-refractivity contribution in [3.05, 3.63) is 29.8 Å². The second-order valence-corrected chi connectivity index (χ2v) is 4.96. The molecule has 1 aromatic rings. The Labute approximate surface area is 115 Å². The normalized spacial score (nSPS) is 16.4. The fourth-order valence-electron chi connectivity index (χ4n) is 2.45. The van der Waals surface area contributed by atoms with E-state index in [2.05, 4.69) is 17.1 Å². The van der Waals surface area contributed by atoms with Gasteiger partial charge in [0.25, 0.3) is 5.91 Å². The third-order valence-electron chi connectivity index (χ3n) is 3.62. The van der Waals surface area contributed by atoms with Gasteiger partial charge in [0, 0.05) is 44.5 Å². The highest BCUT2D eigenvalue weighted by atomic mass is 16.2. The van der Waals surface area contributed by atoms with Crippen LogP contribution in [0.3, 0.4) is 0 Å². The molecule has 4 nitrogen and oxygen atoms in total. The molecule has 0 aromatic heterocycles. The van der Waals surface area contributed by atoms with Crippen LogP contribution < -0.4 is 5.32 Å². The molecule has 1 aliphatic heterocycles. The third-order valence-corrected chi connectivity index (χ3v) is 3.62. The smallest absolute Gasteiger partial charge is 0.253 e. The van der Waals surface area contributed by atoms with Crippen molar-refractivity contribution in [2.75, 3.05) is 45.1 Å². The van der Waals surface area contributed by atoms with Gasteiger partial charge in [0.2, 0.25) is 0 Å². The maximum atomic E-state index is 12.4. The first-order valence-corrected chi connectivity index (χ1v) is 7.04. The summed E-state index contributed by atoms with van der Waals surface area (Å²) >= 11 is 0. The largest absolute Gasteiger partial charge is 0.388 e. The van der Waals surface area contributed by atoms with E-state index >= 15 is 0 Å². The number of carbonyl (C=O) groups is 1. The third kappa shape index (κ3) is 3.47. The zero-order valence-corrected chi connectivity index (χ0v) is 11.9. The molecule has 1 aliphatic rings. The Kier molecular flexibility index (Phi) is 4.80. The lowest BCUT2D eigenvalue weighted by molar-refractivity contribution is 0.0637. The highest BCUT2D eigenvalue weighted by Crippen LogP contribution is 2.12. The van der Waals surface area contributed by atoms with Crippen molar-refractivity contribution >= 4 is 11.6 Å². The maximum absolute atomic E-state index is 12.4. The van der Waals surface area contributed by atoms with Crippen molar-refractivity contribution in [1.82, 2.24) is 9.80 Å². The van der Waals surface area contributed by atoms with Crippen molar-refractivity contribution in [2.45, 2.75) is 13.3 Å². The van der Waals surface area contributed by atoms with Crippen LogP contribution in [-0.4, -0.2) is 55.5 Å². The highest BCUT2D eigenvalue weighted by molar-refractivity contribution is 5.94. The summed E-state index contributed by atoms with van der Waals surface area (Å²) in [4.78, 5) is 16.7. The summed E-state index contributed by atoms with van der Waals surface area (Å²) in [5, 5.41) is 3.06. The molecule has 0 radical (unpaired) electrons. The molecule has 1 saturated heterocycles. The van der Waals surface area contributed by atoms with E-state index in [1.54, 1.807) is 0 Å². The predicted molar refractivity (Wildman–Crippen MR) is 78.6 cm³/mol. The fraction of sp³-hybridized carbons (Fsp3) is 0.533. The molecule has 4 heteroatoms. The minimum Gasteiger partial charge on any atom is -0.388 e. The zero-order valence-electron chi connectivity index (χ0n) is 11.9. The number of anilines is 1. The van der Waals surface area contributed by atoms with E-state index in [4.69, 9.17) is 0 Å². The van der Waals surface area contributed by atoms with E-state index in [0.717, 1.165) is 44.0 Å². The van der Waals surface area contributed by atoms with Gasteiger partial charge in [-0.25, -0.2) is 0 Å². The summed E-state index contributed by atoms with van der Waals surface area (Å²) in [6.45, 7) is 7.00. The topological polar surface area (TPSA) is 35.6 Å². The monoisotopic (exact) mass is 261 g/mol. The average molecular weight is 261 g/mol. The molecule has 1 fully saturated rings. The van der Waals surface area contributed by atoms with Crippen molar-refractivity contribution in [1.29, 1.82) is 0 Å². The lowest BCUT2D eigenvalue weighted by Crippen LogP contribution is -2.48. The van der Waals surface area contributed by atoms with Gasteiger partial charge in [-0.15, -0.1) is 0 Å². The molecule has 19 heavy (non-hydrogen) atoms. The minimum absolute atomic E-state index is 0.152. The van der Waals surface area contributed by atoms with Crippen LogP contribution in [0.1, 0.15) is 23.7 Å². The summed E-state index contributed by atoms with van der Waals surface area (Å²) in [5.74, 6) is 0.152. The molecule has 1 amide bonds. The summed E-state index contributed by atoms with van der Waals surface area (Å²) in [5.41, 5.74) is 1.81. The number of nitrogens with one attached hydrogen (secondary N) is 1. The summed E-state index contributed by atoms with van der Waals surface area (Å²) in [6.07, 6.45) is 1.18. The number of hydrogen-bond donors (Lipinski definition) is 1. The molecular weight excluding hydrogens is 238 g/mol. The molecule has 0 atom stereocenters. The molecule has 0 bridgehead atoms. The van der Waals surface area contributed by atoms with Crippen LogP contribution in [0.5, 0.6) is 0 Å². The van der Waals surface area contributed by atoms with E-state index in [1.165, 1.54) is 6.42 Å². The molecule has 0 saturated carbocycles. The second kappa shape index (κ2) is 6.57. The number of piperazine rings is 1. The minimum atomic E-state index is 0.152. The van der Waals surface area contributed by atoms with Crippen LogP contribution in [0.2, 0.25) is 0 Å². The van der Waals surface area contributed by atoms with E-state index in [1.807, 2.05) is 36.2 Å². The van der Waals surface area contributed by atoms with E-state index < -0.39 is 0 Å². The van der Waals surface area contributed by atoms with Gasteiger partial charge in [-0.1, -0.05) is 6.92 Å². The Morgan fingerprint density at radius 3 is 2.32 bits per heavy atom. The molecule has 1 heterocycles. The van der Waals surface area contributed by atoms with Gasteiger partial charge in [0.1, 0.15) is 0 Å². The molecule has 1 aromatic carbocycles. The second-order valence-electron chi connectivity index (χ2n) is 4.96. The van der Waals surface area contributed by atoms with Gasteiger partial charge in [-0.05, 0) is 37.2 Å². The molecule has 0 unspecified atom stereocenters. The Balaban J connectivity index is 1.93. The molecule has 0 spiro atoms. The first kappa shape index (κ1) is 13.9. The number of hydrogen-bond acceptors (Lipinski definition) is 3. The van der Waals surface area contributed by atoms with Crippen molar-refractivity contribution in [3.63, 3.8) is 0 Å². The van der Waals surface area contributed by atoms with Gasteiger partial charge in [0.05, 0.1) is 0 Å². The highest BCUT2D eigenvalue weighted by Gasteiger charge is 2.21. The lowest BCUT2D eigenvalue weighted by Gasteiger charge is -2.34. The number of nitrogens with zero attached hydrogens (tertiary/aromatic N) is 2. The summed E-state index contributed by atoms with van der Waals surface area (Å²) < 4.78 is 0. The number of rotatable bonds is 4. The van der Waals surface area contributed by atoms with Crippen molar-refractivity contribution in [2.24, 2.45) is 0 Å². The van der Waals surface area contributed by atoms with Crippen LogP contribution in [0, 0.1) is 0 Å². The lowest BCUT2D eigenvalue weighted by atomic mass is 10.1. The van der Waals surface area contributed by atoms with Crippen LogP contribution in [0.25, 0.3) is 0 Å². The summed E-state index contributed by atoms with van der Waals surface area (Å²) in [6, 6.07) is 7.68. The SMILES string of the molecule is CCCN1CCN(C(=O)c2ccc(NC)cc2)CC1. The molecule has 0 aliphatic carbocycles. The average Bonchev–Trinajstić information content (AvgIpc) is 2.48. The van der Waals surface area contributed by atoms with Gasteiger partial charge < -0.3 is 10.2 Å². The first-order chi connectivity index (χ1) is 9.24. The maximum Gasteiger partial charge on any atom is 0.253 e. The molecular formula is C15H23N3O. The number of carbonyl (C=O) groups excluding carboxylic acids is 1. The molecule has 1 N–H and O–H groups in total. The number of benzene rings is 1. The van der Waals surface area contributed by atoms with Crippen LogP contribution in [0.4, 0.5) is 5.69 Å². The van der Waals surface area contributed by atoms with Gasteiger partial charge in [0.15, 0.2) is 0 Å². The summed E-state index contributed by atoms with van der Waals surface area (Å²) in [7, 11) is 1.88. The standard InChI is InChI=1S/C15H23N3O/c1-3-8-17-9-11-18(12-10-17)15(19)13-4-6-14(16-2)7-5-13/h4-7,16H,3,8-12H2,1-2H3. The molecule has 104 valence electrons. The van der Waals surface area contributed by atoms with Gasteiger partial charge in [-0.2, -0.15) is 0 Å². The zero-order chi connectivity index (χ0) is 13.7. The van der Waals surface area contributed by atoms with Crippen LogP contribution >= 0.6 is 0 Å². The first-order valence-electron chi connectivity index (χ1n) is 7.04. The van der Waals surface area contributed by atoms with Crippen molar-refractivity contribution in [3.8, 4) is 0 Å². The number of amides is 1.